The Balaban J connectivity index is 1.60. The minimum absolute atomic E-state index is 0.129. The fourth-order valence-corrected chi connectivity index (χ4v) is 5.65. The molecule has 214 valence electrons. The number of anilines is 1. The van der Waals surface area contributed by atoms with E-state index in [2.05, 4.69) is 5.32 Å². The van der Waals surface area contributed by atoms with Crippen LogP contribution in [0.15, 0.2) is 83.7 Å². The molecule has 0 fully saturated rings. The van der Waals surface area contributed by atoms with Gasteiger partial charge in [-0.2, -0.15) is 0 Å². The van der Waals surface area contributed by atoms with E-state index in [1.807, 2.05) is 113 Å². The molecule has 0 unspecified atom stereocenters. The van der Waals surface area contributed by atoms with Gasteiger partial charge in [0.05, 0.1) is 11.1 Å². The van der Waals surface area contributed by atoms with Gasteiger partial charge in [-0.1, -0.05) is 88.4 Å². The summed E-state index contributed by atoms with van der Waals surface area (Å²) in [6, 6.07) is 25.4. The van der Waals surface area contributed by atoms with Crippen LogP contribution >= 0.6 is 11.3 Å². The van der Waals surface area contributed by atoms with E-state index in [4.69, 9.17) is 4.74 Å². The van der Waals surface area contributed by atoms with Gasteiger partial charge in [-0.3, -0.25) is 19.0 Å². The van der Waals surface area contributed by atoms with Crippen LogP contribution in [0.2, 0.25) is 0 Å². The molecule has 5 rings (SSSR count). The number of aromatic nitrogens is 1. The third kappa shape index (κ3) is 6.37. The number of hydrogen-bond acceptors (Lipinski definition) is 5. The first kappa shape index (κ1) is 29.0. The molecule has 1 aromatic heterocycles. The normalized spacial score (nSPS) is 12.7. The molecular weight excluding hydrogens is 544 g/mol. The van der Waals surface area contributed by atoms with Gasteiger partial charge in [0, 0.05) is 22.7 Å². The van der Waals surface area contributed by atoms with Crippen LogP contribution in [-0.2, 0) is 16.1 Å². The molecular formula is C35H34N2O4S. The van der Waals surface area contributed by atoms with Crippen molar-refractivity contribution < 1.29 is 14.3 Å². The highest BCUT2D eigenvalue weighted by atomic mass is 32.1. The Kier molecular flexibility index (Phi) is 8.41. The lowest BCUT2D eigenvalue weighted by molar-refractivity contribution is -0.120. The van der Waals surface area contributed by atoms with Crippen molar-refractivity contribution >= 4 is 62.4 Å². The van der Waals surface area contributed by atoms with Crippen LogP contribution in [0.5, 0.6) is 5.75 Å². The molecule has 6 nitrogen and oxygen atoms in total. The molecule has 1 heterocycles. The Morgan fingerprint density at radius 1 is 0.929 bits per heavy atom. The van der Waals surface area contributed by atoms with E-state index in [1.165, 1.54) is 22.0 Å². The van der Waals surface area contributed by atoms with E-state index in [1.54, 1.807) is 0 Å². The quantitative estimate of drug-likeness (QED) is 0.250. The second-order valence-electron chi connectivity index (χ2n) is 11.3. The molecule has 42 heavy (non-hydrogen) atoms. The van der Waals surface area contributed by atoms with Gasteiger partial charge in [-0.15, -0.1) is 11.3 Å². The first-order valence-corrected chi connectivity index (χ1v) is 14.9. The van der Waals surface area contributed by atoms with Crippen LogP contribution < -0.4 is 24.8 Å². The maximum absolute atomic E-state index is 13.8. The topological polar surface area (TPSA) is 77.4 Å². The van der Waals surface area contributed by atoms with Crippen LogP contribution in [0.25, 0.3) is 33.7 Å². The first-order valence-electron chi connectivity index (χ1n) is 14.0. The zero-order chi connectivity index (χ0) is 29.9. The third-order valence-corrected chi connectivity index (χ3v) is 7.99. The molecule has 0 saturated heterocycles. The molecule has 1 N–H and O–H groups in total. The number of carbonyl (C=O) groups excluding carboxylic acids is 2. The van der Waals surface area contributed by atoms with Crippen LogP contribution in [0.1, 0.15) is 39.7 Å². The fraction of sp³-hybridized carbons (Fsp3) is 0.229. The lowest BCUT2D eigenvalue weighted by atomic mass is 9.91. The molecule has 7 heteroatoms. The highest BCUT2D eigenvalue weighted by Crippen LogP contribution is 2.29. The van der Waals surface area contributed by atoms with Gasteiger partial charge >= 0.3 is 0 Å². The van der Waals surface area contributed by atoms with E-state index >= 15 is 0 Å². The number of nitrogens with one attached hydrogen (secondary N) is 1. The summed E-state index contributed by atoms with van der Waals surface area (Å²) < 4.78 is 8.28. The van der Waals surface area contributed by atoms with Crippen LogP contribution in [0, 0.1) is 5.41 Å². The van der Waals surface area contributed by atoms with Gasteiger partial charge in [-0.25, -0.2) is 0 Å². The van der Waals surface area contributed by atoms with Gasteiger partial charge in [0.15, 0.2) is 5.78 Å². The van der Waals surface area contributed by atoms with E-state index < -0.39 is 5.41 Å². The predicted octanol–water partition coefficient (Wildman–Crippen LogP) is 5.87. The average molecular weight is 579 g/mol. The molecule has 0 aliphatic carbocycles. The molecule has 5 aromatic rings. The summed E-state index contributed by atoms with van der Waals surface area (Å²) in [5, 5.41) is 6.96. The lowest BCUT2D eigenvalue weighted by Crippen LogP contribution is -2.36. The summed E-state index contributed by atoms with van der Waals surface area (Å²) in [5.74, 6) is 0.197. The Labute approximate surface area is 248 Å². The number of carbonyl (C=O) groups is 2. The highest BCUT2D eigenvalue weighted by Gasteiger charge is 2.20. The van der Waals surface area contributed by atoms with E-state index in [9.17, 15) is 14.4 Å². The number of fused-ring (bicyclic) bond motifs is 2. The summed E-state index contributed by atoms with van der Waals surface area (Å²) in [6.07, 6.45) is 4.14. The smallest absolute Gasteiger partial charge is 0.269 e. The van der Waals surface area contributed by atoms with Crippen molar-refractivity contribution in [3.8, 4) is 5.75 Å². The van der Waals surface area contributed by atoms with Crippen molar-refractivity contribution in [3.63, 3.8) is 0 Å². The SMILES string of the molecule is CCCOc1ccc2ccccc2c1/C=c1\s/c(=C/C(=O)C(C)(C)C)n(CC(=O)Nc2ccc3ccccc3c2)c1=O. The number of ether oxygens (including phenoxy) is 1. The Morgan fingerprint density at radius 3 is 2.36 bits per heavy atom. The fourth-order valence-electron chi connectivity index (χ4n) is 4.63. The molecule has 4 aromatic carbocycles. The van der Waals surface area contributed by atoms with Crippen molar-refractivity contribution in [1.82, 2.24) is 4.57 Å². The summed E-state index contributed by atoms with van der Waals surface area (Å²) in [6.45, 7) is 7.84. The number of benzene rings is 4. The van der Waals surface area contributed by atoms with Gasteiger partial charge in [-0.05, 0) is 52.2 Å². The summed E-state index contributed by atoms with van der Waals surface area (Å²) >= 11 is 1.20. The number of hydrogen-bond donors (Lipinski definition) is 1. The minimum Gasteiger partial charge on any atom is -0.493 e. The number of rotatable bonds is 8. The number of amides is 1. The molecule has 0 aliphatic heterocycles. The Hall–Kier alpha value is -4.49. The molecule has 0 spiro atoms. The minimum atomic E-state index is -0.640. The second kappa shape index (κ2) is 12.2. The van der Waals surface area contributed by atoms with Gasteiger partial charge in [0.2, 0.25) is 5.91 Å². The van der Waals surface area contributed by atoms with Crippen molar-refractivity contribution in [2.75, 3.05) is 11.9 Å². The van der Waals surface area contributed by atoms with E-state index in [0.717, 1.165) is 33.5 Å². The molecule has 0 atom stereocenters. The highest BCUT2D eigenvalue weighted by molar-refractivity contribution is 7.07. The van der Waals surface area contributed by atoms with Gasteiger partial charge in [0.25, 0.3) is 5.56 Å². The van der Waals surface area contributed by atoms with Crippen molar-refractivity contribution in [2.45, 2.75) is 40.7 Å². The van der Waals surface area contributed by atoms with Crippen LogP contribution in [0.4, 0.5) is 5.69 Å². The van der Waals surface area contributed by atoms with E-state index in [-0.39, 0.29) is 23.8 Å². The average Bonchev–Trinajstić information content (AvgIpc) is 3.24. The molecule has 0 bridgehead atoms. The first-order chi connectivity index (χ1) is 20.1. The molecule has 0 aliphatic rings. The van der Waals surface area contributed by atoms with Gasteiger partial charge < -0.3 is 10.1 Å². The van der Waals surface area contributed by atoms with Crippen molar-refractivity contribution in [3.05, 3.63) is 104 Å². The molecule has 1 amide bonds. The molecule has 0 saturated carbocycles. The second-order valence-corrected chi connectivity index (χ2v) is 12.3. The zero-order valence-corrected chi connectivity index (χ0v) is 25.1. The van der Waals surface area contributed by atoms with Crippen molar-refractivity contribution in [1.29, 1.82) is 0 Å². The number of ketones is 1. The number of thiazole rings is 1. The monoisotopic (exact) mass is 578 g/mol. The van der Waals surface area contributed by atoms with E-state index in [0.29, 0.717) is 27.2 Å². The van der Waals surface area contributed by atoms with Crippen LogP contribution in [0.3, 0.4) is 0 Å². The Morgan fingerprint density at radius 2 is 1.62 bits per heavy atom. The zero-order valence-electron chi connectivity index (χ0n) is 24.3. The largest absolute Gasteiger partial charge is 0.493 e. The maximum atomic E-state index is 13.8. The van der Waals surface area contributed by atoms with Crippen LogP contribution in [-0.4, -0.2) is 22.9 Å². The summed E-state index contributed by atoms with van der Waals surface area (Å²) in [4.78, 5) is 40.1. The summed E-state index contributed by atoms with van der Waals surface area (Å²) in [7, 11) is 0. The predicted molar refractivity (Wildman–Crippen MR) is 173 cm³/mol. The van der Waals surface area contributed by atoms with Gasteiger partial charge in [0.1, 0.15) is 17.0 Å². The summed E-state index contributed by atoms with van der Waals surface area (Å²) in [5.41, 5.74) is 0.453. The Bertz CT molecular complexity index is 1980. The number of Topliss-reactive ketones (excluding diaryl/α,β-unsaturated/α-hetero) is 1. The number of nitrogens with zero attached hydrogens (tertiary/aromatic N) is 1. The molecule has 0 radical (unpaired) electrons. The van der Waals surface area contributed by atoms with Crippen molar-refractivity contribution in [2.24, 2.45) is 5.41 Å². The standard InChI is InChI=1S/C35H34N2O4S/c1-5-18-41-29-17-15-24-11-8-9-13-27(24)28(29)20-30-34(40)37(33(42-30)21-31(38)35(2,3)4)22-32(39)36-26-16-14-23-10-6-7-12-25(23)19-26/h6-17,19-21H,5,18,22H2,1-4H3,(H,36,39)/b30-20-,33-21+. The maximum Gasteiger partial charge on any atom is 0.269 e. The third-order valence-electron chi connectivity index (χ3n) is 6.93. The lowest BCUT2D eigenvalue weighted by Gasteiger charge is -2.13.